The van der Waals surface area contributed by atoms with Crippen LogP contribution in [-0.2, 0) is 0 Å². The van der Waals surface area contributed by atoms with E-state index in [1.165, 1.54) is 0 Å². The normalized spacial score (nSPS) is 51.2. The van der Waals surface area contributed by atoms with Gasteiger partial charge in [-0.1, -0.05) is 0 Å². The molecular weight excluding hydrogens is 372 g/mol. The third-order valence-corrected chi connectivity index (χ3v) is 5.86. The fourth-order valence-corrected chi connectivity index (χ4v) is 3.38. The predicted octanol–water partition coefficient (Wildman–Crippen LogP) is 2.73. The van der Waals surface area contributed by atoms with Gasteiger partial charge in [0.2, 0.25) is 0 Å². The summed E-state index contributed by atoms with van der Waals surface area (Å²) in [5.74, 6) is 0. The van der Waals surface area contributed by atoms with Crippen LogP contribution in [0.2, 0.25) is 0 Å². The molecule has 0 spiro atoms. The molecule has 0 bridgehead atoms. The molecule has 1 aliphatic rings. The summed E-state index contributed by atoms with van der Waals surface area (Å²) in [6, 6.07) is 0. The SMILES string of the molecule is Cl[C@H]1[C@H](Cl)[C@@H](Cl)[C@@H](Cl)[C@H](Cl)[C@H]1Cl.[SrH2]. The van der Waals surface area contributed by atoms with Crippen LogP contribution in [0.5, 0.6) is 0 Å². The van der Waals surface area contributed by atoms with Gasteiger partial charge in [-0.05, 0) is 0 Å². The Hall–Kier alpha value is 3.22. The van der Waals surface area contributed by atoms with Gasteiger partial charge in [0.25, 0.3) is 0 Å². The van der Waals surface area contributed by atoms with Gasteiger partial charge in [-0.25, -0.2) is 0 Å². The van der Waals surface area contributed by atoms with E-state index in [0.29, 0.717) is 0 Å². The minimum absolute atomic E-state index is 0. The molecule has 0 amide bonds. The van der Waals surface area contributed by atoms with Gasteiger partial charge in [0, 0.05) is 0 Å². The quantitative estimate of drug-likeness (QED) is 0.448. The Morgan fingerprint density at radius 2 is 0.462 bits per heavy atom. The molecular formula is C6H8Cl6Sr. The Balaban J connectivity index is 0.00000144. The van der Waals surface area contributed by atoms with Gasteiger partial charge < -0.3 is 0 Å². The molecule has 0 N–H and O–H groups in total. The number of hydrogen-bond donors (Lipinski definition) is 0. The van der Waals surface area contributed by atoms with E-state index in [1.54, 1.807) is 0 Å². The second-order valence-electron chi connectivity index (χ2n) is 2.67. The van der Waals surface area contributed by atoms with Crippen molar-refractivity contribution in [2.24, 2.45) is 0 Å². The third kappa shape index (κ3) is 3.59. The first-order valence-corrected chi connectivity index (χ1v) is 5.93. The summed E-state index contributed by atoms with van der Waals surface area (Å²) in [5.41, 5.74) is 0. The summed E-state index contributed by atoms with van der Waals surface area (Å²) in [7, 11) is 0. The molecule has 0 aliphatic heterocycles. The van der Waals surface area contributed by atoms with Crippen molar-refractivity contribution in [3.63, 3.8) is 0 Å². The Labute approximate surface area is 145 Å². The van der Waals surface area contributed by atoms with E-state index >= 15 is 0 Å². The van der Waals surface area contributed by atoms with Crippen LogP contribution in [0.25, 0.3) is 0 Å². The molecule has 76 valence electrons. The monoisotopic (exact) mass is 378 g/mol. The molecule has 0 aromatic heterocycles. The fourth-order valence-electron chi connectivity index (χ4n) is 1.05. The average Bonchev–Trinajstić information content (AvgIpc) is 2.08. The molecule has 0 heterocycles. The standard InChI is InChI=1S/C6H6Cl6.Sr.2H/c7-1-2(8)4(10)6(12)5(11)3(1)9;;;/h1-6H;;;/t1-,2-,3-,4+,5+,6+;;;. The van der Waals surface area contributed by atoms with Crippen molar-refractivity contribution in [3.8, 4) is 0 Å². The second-order valence-corrected chi connectivity index (χ2v) is 5.69. The van der Waals surface area contributed by atoms with E-state index in [2.05, 4.69) is 0 Å². The van der Waals surface area contributed by atoms with Gasteiger partial charge in [-0.2, -0.15) is 0 Å². The van der Waals surface area contributed by atoms with E-state index < -0.39 is 32.3 Å². The Morgan fingerprint density at radius 1 is 0.385 bits per heavy atom. The van der Waals surface area contributed by atoms with Crippen LogP contribution in [0.1, 0.15) is 0 Å². The summed E-state index contributed by atoms with van der Waals surface area (Å²) >= 11 is 35.3. The van der Waals surface area contributed by atoms with Gasteiger partial charge >= 0.3 is 45.5 Å². The molecule has 1 aliphatic carbocycles. The van der Waals surface area contributed by atoms with Crippen LogP contribution in [-0.4, -0.2) is 77.7 Å². The van der Waals surface area contributed by atoms with Crippen LogP contribution >= 0.6 is 69.6 Å². The Kier molecular flexibility index (Phi) is 8.53. The second kappa shape index (κ2) is 6.84. The zero-order valence-electron chi connectivity index (χ0n) is 5.73. The summed E-state index contributed by atoms with van der Waals surface area (Å²) < 4.78 is 0. The van der Waals surface area contributed by atoms with Crippen molar-refractivity contribution >= 4 is 115 Å². The van der Waals surface area contributed by atoms with Crippen molar-refractivity contribution in [2.75, 3.05) is 0 Å². The first kappa shape index (κ1) is 16.2. The van der Waals surface area contributed by atoms with Gasteiger partial charge in [0.15, 0.2) is 0 Å². The van der Waals surface area contributed by atoms with E-state index in [-0.39, 0.29) is 45.5 Å². The zero-order valence-corrected chi connectivity index (χ0v) is 10.3. The molecule has 0 unspecified atom stereocenters. The topological polar surface area (TPSA) is 0 Å². The van der Waals surface area contributed by atoms with Crippen LogP contribution in [0.15, 0.2) is 0 Å². The van der Waals surface area contributed by atoms with E-state index in [4.69, 9.17) is 69.6 Å². The maximum absolute atomic E-state index is 5.88. The van der Waals surface area contributed by atoms with E-state index in [0.717, 1.165) is 0 Å². The zero-order chi connectivity index (χ0) is 9.46. The van der Waals surface area contributed by atoms with E-state index in [9.17, 15) is 0 Å². The fraction of sp³-hybridized carbons (Fsp3) is 1.00. The first-order valence-electron chi connectivity index (χ1n) is 3.31. The van der Waals surface area contributed by atoms with Crippen molar-refractivity contribution in [3.05, 3.63) is 0 Å². The maximum atomic E-state index is 5.88. The number of hydrogen-bond acceptors (Lipinski definition) is 0. The van der Waals surface area contributed by atoms with Gasteiger partial charge in [0.05, 0.1) is 32.3 Å². The van der Waals surface area contributed by atoms with Crippen molar-refractivity contribution < 1.29 is 0 Å². The van der Waals surface area contributed by atoms with Crippen LogP contribution in [0.3, 0.4) is 0 Å². The van der Waals surface area contributed by atoms with Crippen molar-refractivity contribution in [1.29, 1.82) is 0 Å². The first-order chi connectivity index (χ1) is 5.46. The molecule has 0 atom stereocenters. The number of halogens is 6. The van der Waals surface area contributed by atoms with Crippen LogP contribution in [0.4, 0.5) is 0 Å². The molecule has 0 aromatic carbocycles. The molecule has 1 saturated carbocycles. The summed E-state index contributed by atoms with van der Waals surface area (Å²) in [6.45, 7) is 0. The summed E-state index contributed by atoms with van der Waals surface area (Å²) in [5, 5.41) is -2.62. The molecule has 0 nitrogen and oxygen atoms in total. The minimum atomic E-state index is -0.437. The average molecular weight is 380 g/mol. The van der Waals surface area contributed by atoms with Gasteiger partial charge in [0.1, 0.15) is 0 Å². The molecule has 1 fully saturated rings. The van der Waals surface area contributed by atoms with Gasteiger partial charge in [-0.3, -0.25) is 0 Å². The van der Waals surface area contributed by atoms with Gasteiger partial charge in [-0.15, -0.1) is 69.6 Å². The molecule has 0 saturated heterocycles. The van der Waals surface area contributed by atoms with Crippen LogP contribution in [0, 0.1) is 0 Å². The molecule has 1 rings (SSSR count). The molecule has 0 aromatic rings. The number of alkyl halides is 6. The van der Waals surface area contributed by atoms with Crippen LogP contribution < -0.4 is 0 Å². The predicted molar refractivity (Wildman–Crippen MR) is 66.4 cm³/mol. The Bertz CT molecular complexity index is 109. The molecule has 7 heteroatoms. The number of rotatable bonds is 0. The van der Waals surface area contributed by atoms with Crippen molar-refractivity contribution in [1.82, 2.24) is 0 Å². The summed E-state index contributed by atoms with van der Waals surface area (Å²) in [6.07, 6.45) is 0. The van der Waals surface area contributed by atoms with Crippen molar-refractivity contribution in [2.45, 2.75) is 32.3 Å². The Morgan fingerprint density at radius 3 is 0.538 bits per heavy atom. The molecule has 0 radical (unpaired) electrons. The van der Waals surface area contributed by atoms with E-state index in [1.807, 2.05) is 0 Å². The summed E-state index contributed by atoms with van der Waals surface area (Å²) in [4.78, 5) is 0. The third-order valence-electron chi connectivity index (χ3n) is 1.83. The molecule has 13 heavy (non-hydrogen) atoms.